The summed E-state index contributed by atoms with van der Waals surface area (Å²) < 4.78 is 7.67. The first kappa shape index (κ1) is 13.2. The van der Waals surface area contributed by atoms with Gasteiger partial charge in [-0.25, -0.2) is 0 Å². The second-order valence-corrected chi connectivity index (χ2v) is 5.32. The minimum atomic E-state index is 0.640. The number of hydrogen-bond donors (Lipinski definition) is 1. The third kappa shape index (κ3) is 3.61. The van der Waals surface area contributed by atoms with E-state index in [1.807, 2.05) is 35.0 Å². The Labute approximate surface area is 119 Å². The number of nitrogens with one attached hydrogen (secondary N) is 1. The zero-order chi connectivity index (χ0) is 13.8. The van der Waals surface area contributed by atoms with Crippen LogP contribution in [0.25, 0.3) is 0 Å². The predicted molar refractivity (Wildman–Crippen MR) is 78.8 cm³/mol. The molecule has 0 radical (unpaired) electrons. The van der Waals surface area contributed by atoms with Crippen LogP contribution in [0.4, 0.5) is 0 Å². The SMILES string of the molecule is Cc1nn(CCOc2ccccc2)cc1CNC1CC1. The summed E-state index contributed by atoms with van der Waals surface area (Å²) >= 11 is 0. The maximum absolute atomic E-state index is 5.69. The fourth-order valence-corrected chi connectivity index (χ4v) is 2.16. The van der Waals surface area contributed by atoms with Gasteiger partial charge in [-0.05, 0) is 31.9 Å². The Morgan fingerprint density at radius 1 is 1.30 bits per heavy atom. The summed E-state index contributed by atoms with van der Waals surface area (Å²) in [4.78, 5) is 0. The van der Waals surface area contributed by atoms with Gasteiger partial charge in [0.25, 0.3) is 0 Å². The van der Waals surface area contributed by atoms with Gasteiger partial charge >= 0.3 is 0 Å². The van der Waals surface area contributed by atoms with Crippen LogP contribution in [0.2, 0.25) is 0 Å². The summed E-state index contributed by atoms with van der Waals surface area (Å²) in [6.45, 7) is 4.41. The van der Waals surface area contributed by atoms with Gasteiger partial charge in [-0.3, -0.25) is 4.68 Å². The topological polar surface area (TPSA) is 39.1 Å². The fraction of sp³-hybridized carbons (Fsp3) is 0.438. The van der Waals surface area contributed by atoms with Crippen molar-refractivity contribution in [2.75, 3.05) is 6.61 Å². The molecule has 3 rings (SSSR count). The largest absolute Gasteiger partial charge is 0.492 e. The molecule has 4 heteroatoms. The summed E-state index contributed by atoms with van der Waals surface area (Å²) in [5.74, 6) is 0.909. The first-order chi connectivity index (χ1) is 9.81. The standard InChI is InChI=1S/C16H21N3O/c1-13-14(11-17-15-7-8-15)12-19(18-13)9-10-20-16-5-3-2-4-6-16/h2-6,12,15,17H,7-11H2,1H3. The number of hydrogen-bond acceptors (Lipinski definition) is 3. The third-order valence-electron chi connectivity index (χ3n) is 3.54. The summed E-state index contributed by atoms with van der Waals surface area (Å²) in [5, 5.41) is 8.06. The van der Waals surface area contributed by atoms with Crippen molar-refractivity contribution >= 4 is 0 Å². The molecular weight excluding hydrogens is 250 g/mol. The Bertz CT molecular complexity index is 546. The highest BCUT2D eigenvalue weighted by atomic mass is 16.5. The second-order valence-electron chi connectivity index (χ2n) is 5.32. The molecule has 1 heterocycles. The molecule has 0 unspecified atom stereocenters. The van der Waals surface area contributed by atoms with Gasteiger partial charge in [0.05, 0.1) is 12.2 Å². The minimum Gasteiger partial charge on any atom is -0.492 e. The van der Waals surface area contributed by atoms with Crippen molar-refractivity contribution in [2.45, 2.75) is 38.9 Å². The maximum atomic E-state index is 5.69. The molecule has 0 atom stereocenters. The quantitative estimate of drug-likeness (QED) is 0.841. The number of para-hydroxylation sites is 1. The number of aromatic nitrogens is 2. The van der Waals surface area contributed by atoms with Gasteiger partial charge in [-0.2, -0.15) is 5.10 Å². The van der Waals surface area contributed by atoms with Crippen LogP contribution in [0.3, 0.4) is 0 Å². The highest BCUT2D eigenvalue weighted by Crippen LogP contribution is 2.19. The van der Waals surface area contributed by atoms with Crippen LogP contribution in [0, 0.1) is 6.92 Å². The summed E-state index contributed by atoms with van der Waals surface area (Å²) in [5.41, 5.74) is 2.40. The van der Waals surface area contributed by atoms with Gasteiger partial charge in [-0.15, -0.1) is 0 Å². The van der Waals surface area contributed by atoms with Crippen LogP contribution in [0.5, 0.6) is 5.75 Å². The van der Waals surface area contributed by atoms with Crippen LogP contribution in [0.15, 0.2) is 36.5 Å². The molecule has 1 saturated carbocycles. The summed E-state index contributed by atoms with van der Waals surface area (Å²) in [6, 6.07) is 10.6. The molecule has 0 spiro atoms. The predicted octanol–water partition coefficient (Wildman–Crippen LogP) is 2.52. The van der Waals surface area contributed by atoms with Crippen molar-refractivity contribution in [3.8, 4) is 5.75 Å². The molecule has 1 N–H and O–H groups in total. The molecule has 0 aliphatic heterocycles. The third-order valence-corrected chi connectivity index (χ3v) is 3.54. The normalized spacial score (nSPS) is 14.4. The average Bonchev–Trinajstić information content (AvgIpc) is 3.22. The first-order valence-electron chi connectivity index (χ1n) is 7.25. The van der Waals surface area contributed by atoms with E-state index < -0.39 is 0 Å². The Hall–Kier alpha value is -1.81. The summed E-state index contributed by atoms with van der Waals surface area (Å²) in [6.07, 6.45) is 4.76. The van der Waals surface area contributed by atoms with E-state index in [1.54, 1.807) is 0 Å². The van der Waals surface area contributed by atoms with E-state index in [2.05, 4.69) is 23.5 Å². The lowest BCUT2D eigenvalue weighted by Gasteiger charge is -2.05. The lowest BCUT2D eigenvalue weighted by atomic mass is 10.2. The number of nitrogens with zero attached hydrogens (tertiary/aromatic N) is 2. The molecule has 0 saturated heterocycles. The van der Waals surface area contributed by atoms with Gasteiger partial charge in [0.1, 0.15) is 12.4 Å². The van der Waals surface area contributed by atoms with Gasteiger partial charge in [0, 0.05) is 24.3 Å². The average molecular weight is 271 g/mol. The zero-order valence-electron chi connectivity index (χ0n) is 11.9. The Kier molecular flexibility index (Phi) is 4.02. The Morgan fingerprint density at radius 3 is 2.85 bits per heavy atom. The molecule has 1 aliphatic rings. The zero-order valence-corrected chi connectivity index (χ0v) is 11.9. The molecule has 1 aliphatic carbocycles. The highest BCUT2D eigenvalue weighted by molar-refractivity contribution is 5.20. The van der Waals surface area contributed by atoms with Crippen LogP contribution in [0.1, 0.15) is 24.1 Å². The molecule has 106 valence electrons. The van der Waals surface area contributed by atoms with E-state index >= 15 is 0 Å². The van der Waals surface area contributed by atoms with Gasteiger partial charge in [-0.1, -0.05) is 18.2 Å². The molecule has 0 bridgehead atoms. The molecule has 1 aromatic carbocycles. The number of benzene rings is 1. The number of rotatable bonds is 7. The van der Waals surface area contributed by atoms with Crippen molar-refractivity contribution in [1.82, 2.24) is 15.1 Å². The van der Waals surface area contributed by atoms with Crippen molar-refractivity contribution in [3.63, 3.8) is 0 Å². The van der Waals surface area contributed by atoms with Crippen LogP contribution in [-0.4, -0.2) is 22.4 Å². The Balaban J connectivity index is 1.48. The van der Waals surface area contributed by atoms with E-state index in [0.29, 0.717) is 6.61 Å². The van der Waals surface area contributed by atoms with Crippen molar-refractivity contribution in [2.24, 2.45) is 0 Å². The van der Waals surface area contributed by atoms with E-state index in [4.69, 9.17) is 4.74 Å². The molecule has 1 aromatic heterocycles. The van der Waals surface area contributed by atoms with Gasteiger partial charge in [0.15, 0.2) is 0 Å². The minimum absolute atomic E-state index is 0.640. The van der Waals surface area contributed by atoms with Crippen molar-refractivity contribution in [1.29, 1.82) is 0 Å². The fourth-order valence-electron chi connectivity index (χ4n) is 2.16. The smallest absolute Gasteiger partial charge is 0.119 e. The van der Waals surface area contributed by atoms with Crippen molar-refractivity contribution in [3.05, 3.63) is 47.8 Å². The lowest BCUT2D eigenvalue weighted by Crippen LogP contribution is -2.15. The van der Waals surface area contributed by atoms with Crippen LogP contribution in [-0.2, 0) is 13.1 Å². The van der Waals surface area contributed by atoms with E-state index in [-0.39, 0.29) is 0 Å². The summed E-state index contributed by atoms with van der Waals surface area (Å²) in [7, 11) is 0. The van der Waals surface area contributed by atoms with Crippen LogP contribution < -0.4 is 10.1 Å². The molecule has 0 amide bonds. The Morgan fingerprint density at radius 2 is 2.10 bits per heavy atom. The first-order valence-corrected chi connectivity index (χ1v) is 7.25. The van der Waals surface area contributed by atoms with E-state index in [0.717, 1.165) is 30.6 Å². The number of aryl methyl sites for hydroxylation is 1. The molecule has 20 heavy (non-hydrogen) atoms. The monoisotopic (exact) mass is 271 g/mol. The molecule has 2 aromatic rings. The molecule has 1 fully saturated rings. The van der Waals surface area contributed by atoms with Gasteiger partial charge < -0.3 is 10.1 Å². The number of ether oxygens (including phenoxy) is 1. The molecule has 4 nitrogen and oxygen atoms in total. The molecular formula is C16H21N3O. The van der Waals surface area contributed by atoms with E-state index in [9.17, 15) is 0 Å². The maximum Gasteiger partial charge on any atom is 0.119 e. The second kappa shape index (κ2) is 6.09. The van der Waals surface area contributed by atoms with E-state index in [1.165, 1.54) is 18.4 Å². The van der Waals surface area contributed by atoms with Crippen LogP contribution >= 0.6 is 0 Å². The lowest BCUT2D eigenvalue weighted by molar-refractivity contribution is 0.291. The highest BCUT2D eigenvalue weighted by Gasteiger charge is 2.20. The van der Waals surface area contributed by atoms with Crippen molar-refractivity contribution < 1.29 is 4.74 Å². The van der Waals surface area contributed by atoms with Gasteiger partial charge in [0.2, 0.25) is 0 Å².